The fourth-order valence-corrected chi connectivity index (χ4v) is 4.29. The van der Waals surface area contributed by atoms with Gasteiger partial charge >= 0.3 is 11.9 Å². The van der Waals surface area contributed by atoms with Gasteiger partial charge in [0.15, 0.2) is 0 Å². The highest BCUT2D eigenvalue weighted by molar-refractivity contribution is 7.18. The van der Waals surface area contributed by atoms with Crippen LogP contribution in [0.2, 0.25) is 0 Å². The summed E-state index contributed by atoms with van der Waals surface area (Å²) in [6.07, 6.45) is -3.22. The molecule has 9 nitrogen and oxygen atoms in total. The van der Waals surface area contributed by atoms with Gasteiger partial charge in [-0.15, -0.1) is 16.3 Å². The van der Waals surface area contributed by atoms with E-state index in [1.807, 2.05) is 0 Å². The molecule has 0 atom stereocenters. The van der Waals surface area contributed by atoms with Crippen LogP contribution >= 0.6 is 11.3 Å². The van der Waals surface area contributed by atoms with Crippen molar-refractivity contribution in [1.29, 1.82) is 5.26 Å². The number of aliphatic imine (C=N–C) groups is 1. The first kappa shape index (κ1) is 19.1. The van der Waals surface area contributed by atoms with Crippen molar-refractivity contribution < 1.29 is 20.6 Å². The number of hydrogen-bond donors (Lipinski definition) is 1. The number of nitrogens with one attached hydrogen (secondary N) is 1. The van der Waals surface area contributed by atoms with E-state index in [1.54, 1.807) is 6.19 Å². The van der Waals surface area contributed by atoms with Crippen LogP contribution in [0.5, 0.6) is 0 Å². The molecule has 0 aromatic carbocycles. The van der Waals surface area contributed by atoms with Gasteiger partial charge in [0.25, 0.3) is 5.56 Å². The molecule has 0 radical (unpaired) electrons. The predicted molar refractivity (Wildman–Crippen MR) is 104 cm³/mol. The molecule has 0 saturated carbocycles. The minimum atomic E-state index is -4.80. The van der Waals surface area contributed by atoms with E-state index in [4.69, 9.17) is 12.7 Å². The number of methoxy groups -OCH3 is 1. The third-order valence-corrected chi connectivity index (χ3v) is 5.64. The van der Waals surface area contributed by atoms with Crippen molar-refractivity contribution in [3.05, 3.63) is 31.3 Å². The van der Waals surface area contributed by atoms with E-state index in [2.05, 4.69) is 10.3 Å². The van der Waals surface area contributed by atoms with Gasteiger partial charge in [-0.25, -0.2) is 4.79 Å². The Bertz CT molecular complexity index is 1230. The summed E-state index contributed by atoms with van der Waals surface area (Å²) in [4.78, 5) is 30.5. The fourth-order valence-electron chi connectivity index (χ4n) is 3.06. The highest BCUT2D eigenvalue weighted by atomic mass is 32.1. The average molecular weight is 446 g/mol. The molecule has 1 saturated heterocycles. The molecule has 30 heavy (non-hydrogen) atoms. The van der Waals surface area contributed by atoms with Gasteiger partial charge in [0.05, 0.1) is 27.8 Å². The fraction of sp³-hybridized carbons (Fsp3) is 0.529. The number of guanidine groups is 1. The molecule has 3 heterocycles. The van der Waals surface area contributed by atoms with Gasteiger partial charge in [-0.3, -0.25) is 13.9 Å². The van der Waals surface area contributed by atoms with Gasteiger partial charge in [-0.05, 0) is 12.5 Å². The monoisotopic (exact) mass is 446 g/mol. The molecule has 0 bridgehead atoms. The summed E-state index contributed by atoms with van der Waals surface area (Å²) in [5.41, 5.74) is -2.18. The molecule has 1 N–H and O–H groups in total. The number of aromatic nitrogens is 2. The summed E-state index contributed by atoms with van der Waals surface area (Å²) >= 11 is 0.800. The Kier molecular flexibility index (Phi) is 5.41. The normalized spacial score (nSPS) is 17.2. The minimum absolute atomic E-state index is 0.000567. The largest absolute Gasteiger partial charge is 0.406 e. The molecule has 3 rings (SSSR count). The lowest BCUT2D eigenvalue weighted by molar-refractivity contribution is -0.141. The van der Waals surface area contributed by atoms with Crippen LogP contribution in [0.4, 0.5) is 13.2 Å². The number of fused-ring (bicyclic) bond motifs is 1. The van der Waals surface area contributed by atoms with E-state index in [0.717, 1.165) is 15.9 Å². The van der Waals surface area contributed by atoms with Gasteiger partial charge in [0.1, 0.15) is 11.4 Å². The number of rotatable bonds is 6. The second-order valence-corrected chi connectivity index (χ2v) is 7.39. The third-order valence-electron chi connectivity index (χ3n) is 4.42. The summed E-state index contributed by atoms with van der Waals surface area (Å²) in [7, 11) is 1.36. The quantitative estimate of drug-likeness (QED) is 0.664. The first-order chi connectivity index (χ1) is 14.9. The topological polar surface area (TPSA) is 105 Å². The predicted octanol–water partition coefficient (Wildman–Crippen LogP) is 0.984. The van der Waals surface area contributed by atoms with Crippen molar-refractivity contribution in [2.75, 3.05) is 26.8 Å². The first-order valence-corrected chi connectivity index (χ1v) is 9.57. The van der Waals surface area contributed by atoms with Crippen LogP contribution in [0.3, 0.4) is 0 Å². The number of thiophene rings is 1. The SMILES string of the molecule is [2H]C([2H])(c1sc2c(c1C)c(=O)n(CC(F)(F)F)c(=O)n2CCOC)N1CCNC1=NC#N. The van der Waals surface area contributed by atoms with Gasteiger partial charge in [0.2, 0.25) is 12.2 Å². The molecular formula is C17H19F3N6O3S. The second-order valence-electron chi connectivity index (χ2n) is 6.40. The Labute approximate surface area is 175 Å². The molecule has 0 aliphatic carbocycles. The standard InChI is InChI=1S/C17H19F3N6O3S/c1-10-11(7-24-4-3-22-15(24)23-9-21)30-14-12(10)13(27)26(8-17(18,19)20)16(28)25(14)5-6-29-2/h3-8H2,1-2H3,(H,22,23)/i7D2. The molecule has 13 heteroatoms. The van der Waals surface area contributed by atoms with Crippen molar-refractivity contribution in [3.8, 4) is 6.19 Å². The lowest BCUT2D eigenvalue weighted by atomic mass is 10.2. The van der Waals surface area contributed by atoms with Gasteiger partial charge in [-0.2, -0.15) is 18.4 Å². The van der Waals surface area contributed by atoms with Crippen molar-refractivity contribution in [2.24, 2.45) is 4.99 Å². The molecule has 0 unspecified atom stereocenters. The molecule has 1 aliphatic rings. The second kappa shape index (κ2) is 8.49. The number of alkyl halides is 3. The zero-order valence-electron chi connectivity index (χ0n) is 18.0. The van der Waals surface area contributed by atoms with Crippen molar-refractivity contribution in [3.63, 3.8) is 0 Å². The van der Waals surface area contributed by atoms with E-state index >= 15 is 0 Å². The van der Waals surface area contributed by atoms with Crippen LogP contribution < -0.4 is 16.6 Å². The van der Waals surface area contributed by atoms with Crippen molar-refractivity contribution in [1.82, 2.24) is 19.4 Å². The Balaban J connectivity index is 2.30. The van der Waals surface area contributed by atoms with Crippen molar-refractivity contribution in [2.45, 2.75) is 32.7 Å². The van der Waals surface area contributed by atoms with E-state index < -0.39 is 30.5 Å². The lowest BCUT2D eigenvalue weighted by Gasteiger charge is -2.15. The number of halogens is 3. The third kappa shape index (κ3) is 4.19. The van der Waals surface area contributed by atoms with Crippen LogP contribution in [-0.2, 0) is 24.3 Å². The molecule has 1 aliphatic heterocycles. The van der Waals surface area contributed by atoms with Gasteiger partial charge in [0, 0.05) is 25.1 Å². The van der Waals surface area contributed by atoms with E-state index in [0.29, 0.717) is 6.54 Å². The number of aryl methyl sites for hydroxylation is 1. The number of nitriles is 1. The van der Waals surface area contributed by atoms with Crippen LogP contribution in [0.15, 0.2) is 14.6 Å². The molecule has 2 aromatic heterocycles. The molecule has 0 spiro atoms. The van der Waals surface area contributed by atoms with Crippen LogP contribution in [-0.4, -0.2) is 53.0 Å². The van der Waals surface area contributed by atoms with Crippen LogP contribution in [0.25, 0.3) is 10.2 Å². The smallest absolute Gasteiger partial charge is 0.383 e. The van der Waals surface area contributed by atoms with Gasteiger partial charge in [-0.1, -0.05) is 0 Å². The minimum Gasteiger partial charge on any atom is -0.383 e. The average Bonchev–Trinajstić information content (AvgIpc) is 3.30. The lowest BCUT2D eigenvalue weighted by Crippen LogP contribution is -2.43. The maximum absolute atomic E-state index is 13.1. The highest BCUT2D eigenvalue weighted by Gasteiger charge is 2.32. The summed E-state index contributed by atoms with van der Waals surface area (Å²) in [5, 5.41) is 11.5. The molecular weight excluding hydrogens is 425 g/mol. The maximum atomic E-state index is 13.1. The Morgan fingerprint density at radius 1 is 1.40 bits per heavy atom. The van der Waals surface area contributed by atoms with E-state index in [9.17, 15) is 22.8 Å². The number of hydrogen-bond acceptors (Lipinski definition) is 6. The molecule has 1 fully saturated rings. The number of ether oxygens (including phenoxy) is 1. The highest BCUT2D eigenvalue weighted by Crippen LogP contribution is 2.29. The maximum Gasteiger partial charge on any atom is 0.406 e. The summed E-state index contributed by atoms with van der Waals surface area (Å²) < 4.78 is 62.5. The van der Waals surface area contributed by atoms with E-state index in [1.165, 1.54) is 18.9 Å². The Morgan fingerprint density at radius 3 is 2.77 bits per heavy atom. The van der Waals surface area contributed by atoms with Crippen molar-refractivity contribution >= 4 is 27.5 Å². The summed E-state index contributed by atoms with van der Waals surface area (Å²) in [5.74, 6) is 0.000567. The summed E-state index contributed by atoms with van der Waals surface area (Å²) in [6.45, 7) is -2.25. The molecule has 0 amide bonds. The zero-order valence-corrected chi connectivity index (χ0v) is 16.9. The first-order valence-electron chi connectivity index (χ1n) is 9.75. The van der Waals surface area contributed by atoms with Crippen LogP contribution in [0.1, 0.15) is 13.2 Å². The number of nitrogens with zero attached hydrogens (tertiary/aromatic N) is 5. The van der Waals surface area contributed by atoms with Crippen LogP contribution in [0, 0.1) is 18.4 Å². The van der Waals surface area contributed by atoms with Gasteiger partial charge < -0.3 is 15.0 Å². The Morgan fingerprint density at radius 2 is 2.13 bits per heavy atom. The summed E-state index contributed by atoms with van der Waals surface area (Å²) in [6, 6.07) is 0. The zero-order chi connectivity index (χ0) is 23.8. The molecule has 162 valence electrons. The Hall–Kier alpha value is -2.85. The molecule has 2 aromatic rings. The van der Waals surface area contributed by atoms with E-state index in [-0.39, 0.29) is 50.9 Å².